The third kappa shape index (κ3) is 3.38. The third-order valence-electron chi connectivity index (χ3n) is 2.09. The molecule has 8 heteroatoms. The van der Waals surface area contributed by atoms with Gasteiger partial charge in [-0.25, -0.2) is 8.78 Å². The fraction of sp³-hybridized carbons (Fsp3) is 0.400. The average Bonchev–Trinajstić information content (AvgIpc) is 2.27. The van der Waals surface area contributed by atoms with Crippen LogP contribution in [0, 0.1) is 0 Å². The van der Waals surface area contributed by atoms with Crippen LogP contribution in [0.15, 0.2) is 12.3 Å². The molecule has 0 aliphatic carbocycles. The SMILES string of the molecule is COC(=O)Cc1cc(C(F)F)c(C(F)(F)F)cn1. The number of halogens is 5. The summed E-state index contributed by atoms with van der Waals surface area (Å²) >= 11 is 0. The van der Waals surface area contributed by atoms with Crippen LogP contribution < -0.4 is 0 Å². The van der Waals surface area contributed by atoms with E-state index in [4.69, 9.17) is 0 Å². The highest BCUT2D eigenvalue weighted by Gasteiger charge is 2.36. The van der Waals surface area contributed by atoms with Crippen LogP contribution in [0.2, 0.25) is 0 Å². The van der Waals surface area contributed by atoms with Gasteiger partial charge in [-0.15, -0.1) is 0 Å². The summed E-state index contributed by atoms with van der Waals surface area (Å²) in [5.41, 5.74) is -2.91. The van der Waals surface area contributed by atoms with Gasteiger partial charge in [0.05, 0.1) is 24.8 Å². The summed E-state index contributed by atoms with van der Waals surface area (Å²) in [6.45, 7) is 0. The van der Waals surface area contributed by atoms with E-state index >= 15 is 0 Å². The number of alkyl halides is 5. The maximum Gasteiger partial charge on any atom is 0.418 e. The maximum atomic E-state index is 12.5. The van der Waals surface area contributed by atoms with Crippen molar-refractivity contribution in [2.75, 3.05) is 7.11 Å². The molecule has 0 bridgehead atoms. The summed E-state index contributed by atoms with van der Waals surface area (Å²) in [5.74, 6) is -0.775. The van der Waals surface area contributed by atoms with Crippen molar-refractivity contribution in [1.82, 2.24) is 4.98 Å². The van der Waals surface area contributed by atoms with Crippen LogP contribution in [0.1, 0.15) is 23.2 Å². The molecule has 0 amide bonds. The normalized spacial score (nSPS) is 11.7. The van der Waals surface area contributed by atoms with E-state index in [-0.39, 0.29) is 5.69 Å². The Morgan fingerprint density at radius 1 is 1.44 bits per heavy atom. The Morgan fingerprint density at radius 2 is 2.06 bits per heavy atom. The summed E-state index contributed by atoms with van der Waals surface area (Å²) in [6, 6.07) is 0.560. The third-order valence-corrected chi connectivity index (χ3v) is 2.09. The van der Waals surface area contributed by atoms with Gasteiger partial charge in [-0.2, -0.15) is 13.2 Å². The van der Waals surface area contributed by atoms with Crippen molar-refractivity contribution >= 4 is 5.97 Å². The number of carbonyl (C=O) groups is 1. The minimum absolute atomic E-state index is 0.204. The van der Waals surface area contributed by atoms with Crippen molar-refractivity contribution in [2.24, 2.45) is 0 Å². The molecule has 1 rings (SSSR count). The molecule has 0 saturated carbocycles. The zero-order chi connectivity index (χ0) is 13.9. The Morgan fingerprint density at radius 3 is 2.50 bits per heavy atom. The predicted molar refractivity (Wildman–Crippen MR) is 49.9 cm³/mol. The van der Waals surface area contributed by atoms with Crippen LogP contribution in [-0.2, 0) is 22.1 Å². The van der Waals surface area contributed by atoms with Gasteiger partial charge in [0.15, 0.2) is 0 Å². The van der Waals surface area contributed by atoms with Crippen LogP contribution in [0.4, 0.5) is 22.0 Å². The molecule has 100 valence electrons. The van der Waals surface area contributed by atoms with Crippen molar-refractivity contribution < 1.29 is 31.5 Å². The van der Waals surface area contributed by atoms with Gasteiger partial charge in [0.1, 0.15) is 0 Å². The van der Waals surface area contributed by atoms with Gasteiger partial charge in [-0.1, -0.05) is 0 Å². The number of methoxy groups -OCH3 is 1. The van der Waals surface area contributed by atoms with Crippen molar-refractivity contribution in [3.05, 3.63) is 29.1 Å². The molecule has 0 spiro atoms. The van der Waals surface area contributed by atoms with Crippen LogP contribution in [-0.4, -0.2) is 18.1 Å². The molecule has 0 saturated heterocycles. The Hall–Kier alpha value is -1.73. The van der Waals surface area contributed by atoms with Crippen LogP contribution in [0.3, 0.4) is 0 Å². The first-order valence-electron chi connectivity index (χ1n) is 4.66. The van der Waals surface area contributed by atoms with E-state index < -0.39 is 36.1 Å². The van der Waals surface area contributed by atoms with Gasteiger partial charge in [0.25, 0.3) is 6.43 Å². The number of esters is 1. The molecule has 0 aromatic carbocycles. The number of ether oxygens (including phenoxy) is 1. The largest absolute Gasteiger partial charge is 0.469 e. The minimum Gasteiger partial charge on any atom is -0.469 e. The number of carbonyl (C=O) groups excluding carboxylic acids is 1. The minimum atomic E-state index is -4.91. The molecule has 0 radical (unpaired) electrons. The molecule has 0 aliphatic rings. The van der Waals surface area contributed by atoms with Crippen LogP contribution in [0.5, 0.6) is 0 Å². The highest BCUT2D eigenvalue weighted by Crippen LogP contribution is 2.36. The summed E-state index contributed by atoms with van der Waals surface area (Å²) in [5, 5.41) is 0. The molecule has 1 aromatic rings. The molecular formula is C10H8F5NO2. The molecule has 0 unspecified atom stereocenters. The van der Waals surface area contributed by atoms with Crippen LogP contribution in [0.25, 0.3) is 0 Å². The van der Waals surface area contributed by atoms with E-state index in [1.165, 1.54) is 0 Å². The van der Waals surface area contributed by atoms with Crippen molar-refractivity contribution in [3.8, 4) is 0 Å². The lowest BCUT2D eigenvalue weighted by atomic mass is 10.1. The summed E-state index contributed by atoms with van der Waals surface area (Å²) in [4.78, 5) is 14.2. The second-order valence-electron chi connectivity index (χ2n) is 3.31. The molecule has 1 heterocycles. The Kier molecular flexibility index (Phi) is 4.20. The topological polar surface area (TPSA) is 39.2 Å². The molecule has 1 aromatic heterocycles. The first-order valence-corrected chi connectivity index (χ1v) is 4.66. The van der Waals surface area contributed by atoms with E-state index in [1.54, 1.807) is 0 Å². The first-order chi connectivity index (χ1) is 8.25. The number of hydrogen-bond donors (Lipinski definition) is 0. The quantitative estimate of drug-likeness (QED) is 0.625. The number of rotatable bonds is 3. The Labute approximate surface area is 98.6 Å². The summed E-state index contributed by atoms with van der Waals surface area (Å²) in [6.07, 6.45) is -8.39. The van der Waals surface area contributed by atoms with E-state index in [0.29, 0.717) is 12.3 Å². The lowest BCUT2D eigenvalue weighted by Crippen LogP contribution is -2.13. The van der Waals surface area contributed by atoms with Crippen LogP contribution >= 0.6 is 0 Å². The van der Waals surface area contributed by atoms with E-state index in [2.05, 4.69) is 9.72 Å². The van der Waals surface area contributed by atoms with Gasteiger partial charge < -0.3 is 4.74 Å². The van der Waals surface area contributed by atoms with Crippen molar-refractivity contribution in [3.63, 3.8) is 0 Å². The molecule has 0 N–H and O–H groups in total. The smallest absolute Gasteiger partial charge is 0.418 e. The lowest BCUT2D eigenvalue weighted by molar-refractivity contribution is -0.140. The fourth-order valence-electron chi connectivity index (χ4n) is 1.25. The number of hydrogen-bond acceptors (Lipinski definition) is 3. The number of pyridine rings is 1. The monoisotopic (exact) mass is 269 g/mol. The molecule has 0 aliphatic heterocycles. The zero-order valence-electron chi connectivity index (χ0n) is 9.09. The van der Waals surface area contributed by atoms with Gasteiger partial charge in [0.2, 0.25) is 0 Å². The fourth-order valence-corrected chi connectivity index (χ4v) is 1.25. The predicted octanol–water partition coefficient (Wildman–Crippen LogP) is 2.75. The Bertz CT molecular complexity index is 444. The molecule has 0 fully saturated rings. The highest BCUT2D eigenvalue weighted by molar-refractivity contribution is 5.71. The highest BCUT2D eigenvalue weighted by atomic mass is 19.4. The lowest BCUT2D eigenvalue weighted by Gasteiger charge is -2.12. The summed E-state index contributed by atoms with van der Waals surface area (Å²) < 4.78 is 66.5. The molecule has 18 heavy (non-hydrogen) atoms. The second kappa shape index (κ2) is 5.28. The van der Waals surface area contributed by atoms with E-state index in [9.17, 15) is 26.7 Å². The molecule has 3 nitrogen and oxygen atoms in total. The maximum absolute atomic E-state index is 12.5. The average molecular weight is 269 g/mol. The van der Waals surface area contributed by atoms with Gasteiger partial charge in [0, 0.05) is 11.8 Å². The number of nitrogens with zero attached hydrogens (tertiary/aromatic N) is 1. The Balaban J connectivity index is 3.16. The van der Waals surface area contributed by atoms with E-state index in [0.717, 1.165) is 7.11 Å². The van der Waals surface area contributed by atoms with E-state index in [1.807, 2.05) is 0 Å². The van der Waals surface area contributed by atoms with Gasteiger partial charge in [-0.05, 0) is 6.07 Å². The standard InChI is InChI=1S/C10H8F5NO2/c1-18-8(17)3-5-2-6(9(11)12)7(4-16-5)10(13,14)15/h2,4,9H,3H2,1H3. The van der Waals surface area contributed by atoms with Crippen molar-refractivity contribution in [1.29, 1.82) is 0 Å². The van der Waals surface area contributed by atoms with Gasteiger partial charge >= 0.3 is 12.1 Å². The zero-order valence-corrected chi connectivity index (χ0v) is 9.09. The van der Waals surface area contributed by atoms with Gasteiger partial charge in [-0.3, -0.25) is 9.78 Å². The molecular weight excluding hydrogens is 261 g/mol. The number of aromatic nitrogens is 1. The first kappa shape index (κ1) is 14.3. The molecule has 0 atom stereocenters. The second-order valence-corrected chi connectivity index (χ2v) is 3.31. The summed E-state index contributed by atoms with van der Waals surface area (Å²) in [7, 11) is 1.07. The van der Waals surface area contributed by atoms with Crippen molar-refractivity contribution in [2.45, 2.75) is 19.0 Å².